The number of aryl methyl sites for hydroxylation is 1. The van der Waals surface area contributed by atoms with Crippen molar-refractivity contribution in [1.29, 1.82) is 0 Å². The number of benzene rings is 2. The van der Waals surface area contributed by atoms with Crippen LogP contribution in [0.2, 0.25) is 0 Å². The molecule has 0 aliphatic heterocycles. The minimum Gasteiger partial charge on any atom is -0.386 e. The third-order valence-corrected chi connectivity index (χ3v) is 5.83. The molecule has 0 unspecified atom stereocenters. The lowest BCUT2D eigenvalue weighted by Crippen LogP contribution is -2.36. The van der Waals surface area contributed by atoms with E-state index in [-0.39, 0.29) is 11.3 Å². The number of hydrogen-bond donors (Lipinski definition) is 1. The second kappa shape index (κ2) is 8.78. The smallest absolute Gasteiger partial charge is 0.386 e. The van der Waals surface area contributed by atoms with Crippen molar-refractivity contribution in [3.63, 3.8) is 0 Å². The van der Waals surface area contributed by atoms with Crippen molar-refractivity contribution < 1.29 is 22.7 Å². The van der Waals surface area contributed by atoms with Gasteiger partial charge in [-0.2, -0.15) is 18.3 Å². The molecular formula is C26H28F4N2O. The SMILES string of the molecule is Cc1cc(/C(F)=C/c2ccc(C(C)(C)C(F)(F)F)cc2)nn1Cc1cccc(C(C)(C)O)c1. The topological polar surface area (TPSA) is 38.0 Å². The maximum Gasteiger partial charge on any atom is 0.397 e. The van der Waals surface area contributed by atoms with Crippen molar-refractivity contribution >= 4 is 11.9 Å². The van der Waals surface area contributed by atoms with Crippen LogP contribution in [-0.4, -0.2) is 21.1 Å². The fraction of sp³-hybridized carbons (Fsp3) is 0.346. The lowest BCUT2D eigenvalue weighted by Gasteiger charge is -2.28. The zero-order chi connectivity index (χ0) is 24.6. The van der Waals surface area contributed by atoms with Gasteiger partial charge in [0.25, 0.3) is 0 Å². The number of aromatic nitrogens is 2. The molecule has 1 N–H and O–H groups in total. The van der Waals surface area contributed by atoms with E-state index in [0.29, 0.717) is 12.1 Å². The summed E-state index contributed by atoms with van der Waals surface area (Å²) < 4.78 is 56.2. The first-order valence-corrected chi connectivity index (χ1v) is 10.6. The number of aliphatic hydroxyl groups is 1. The van der Waals surface area contributed by atoms with E-state index >= 15 is 0 Å². The summed E-state index contributed by atoms with van der Waals surface area (Å²) in [6, 6.07) is 14.8. The summed E-state index contributed by atoms with van der Waals surface area (Å²) >= 11 is 0. The molecule has 0 bridgehead atoms. The third-order valence-electron chi connectivity index (χ3n) is 5.83. The molecule has 0 saturated carbocycles. The highest BCUT2D eigenvalue weighted by molar-refractivity contribution is 5.75. The highest BCUT2D eigenvalue weighted by Crippen LogP contribution is 2.40. The van der Waals surface area contributed by atoms with E-state index in [2.05, 4.69) is 5.10 Å². The van der Waals surface area contributed by atoms with Crippen molar-refractivity contribution in [3.05, 3.63) is 88.2 Å². The molecule has 0 aliphatic rings. The van der Waals surface area contributed by atoms with Crippen LogP contribution in [0.15, 0.2) is 54.6 Å². The standard InChI is InChI=1S/C26H28F4N2O/c1-17-13-23(31-32(17)16-19-7-6-8-21(14-19)25(4,5)33)22(27)15-18-9-11-20(12-10-18)24(2,3)26(28,29)30/h6-15,33H,16H2,1-5H3/b22-15-. The van der Waals surface area contributed by atoms with Gasteiger partial charge in [-0.3, -0.25) is 4.68 Å². The van der Waals surface area contributed by atoms with E-state index in [4.69, 9.17) is 0 Å². The Balaban J connectivity index is 1.81. The molecule has 1 heterocycles. The van der Waals surface area contributed by atoms with E-state index in [1.807, 2.05) is 31.2 Å². The Morgan fingerprint density at radius 2 is 1.61 bits per heavy atom. The number of rotatable bonds is 6. The molecule has 2 aromatic carbocycles. The van der Waals surface area contributed by atoms with Gasteiger partial charge in [0, 0.05) is 5.69 Å². The number of halogens is 4. The van der Waals surface area contributed by atoms with Gasteiger partial charge in [-0.25, -0.2) is 4.39 Å². The zero-order valence-electron chi connectivity index (χ0n) is 19.3. The van der Waals surface area contributed by atoms with Gasteiger partial charge in [-0.15, -0.1) is 0 Å². The van der Waals surface area contributed by atoms with Crippen molar-refractivity contribution in [2.45, 2.75) is 58.4 Å². The van der Waals surface area contributed by atoms with Gasteiger partial charge < -0.3 is 5.11 Å². The predicted octanol–water partition coefficient (Wildman–Crippen LogP) is 6.77. The summed E-state index contributed by atoms with van der Waals surface area (Å²) in [4.78, 5) is 0. The van der Waals surface area contributed by atoms with Gasteiger partial charge in [0.05, 0.1) is 17.6 Å². The first-order chi connectivity index (χ1) is 15.2. The average molecular weight is 461 g/mol. The van der Waals surface area contributed by atoms with E-state index in [1.165, 1.54) is 30.3 Å². The molecule has 0 fully saturated rings. The Kier molecular flexibility index (Phi) is 6.58. The molecule has 0 saturated heterocycles. The minimum absolute atomic E-state index is 0.112. The highest BCUT2D eigenvalue weighted by Gasteiger charge is 2.48. The number of alkyl halides is 3. The molecule has 3 nitrogen and oxygen atoms in total. The fourth-order valence-corrected chi connectivity index (χ4v) is 3.39. The van der Waals surface area contributed by atoms with Crippen LogP contribution in [0.3, 0.4) is 0 Å². The van der Waals surface area contributed by atoms with Crippen LogP contribution >= 0.6 is 0 Å². The summed E-state index contributed by atoms with van der Waals surface area (Å²) in [7, 11) is 0. The van der Waals surface area contributed by atoms with Gasteiger partial charge in [-0.05, 0) is 69.0 Å². The first-order valence-electron chi connectivity index (χ1n) is 10.6. The molecule has 1 aromatic heterocycles. The summed E-state index contributed by atoms with van der Waals surface area (Å²) in [5.41, 5.74) is 0.176. The van der Waals surface area contributed by atoms with Crippen LogP contribution in [0, 0.1) is 6.92 Å². The number of nitrogens with zero attached hydrogens (tertiary/aromatic N) is 2. The summed E-state index contributed by atoms with van der Waals surface area (Å²) in [5, 5.41) is 14.6. The molecule has 0 spiro atoms. The molecule has 3 rings (SSSR count). The lowest BCUT2D eigenvalue weighted by molar-refractivity contribution is -0.180. The van der Waals surface area contributed by atoms with Gasteiger partial charge in [-0.1, -0.05) is 48.5 Å². The third kappa shape index (κ3) is 5.53. The van der Waals surface area contributed by atoms with E-state index in [1.54, 1.807) is 24.6 Å². The second-order valence-corrected chi connectivity index (χ2v) is 9.33. The van der Waals surface area contributed by atoms with E-state index < -0.39 is 23.0 Å². The summed E-state index contributed by atoms with van der Waals surface area (Å²) in [6.45, 7) is 7.87. The summed E-state index contributed by atoms with van der Waals surface area (Å²) in [6.07, 6.45) is -3.13. The monoisotopic (exact) mass is 460 g/mol. The van der Waals surface area contributed by atoms with Crippen molar-refractivity contribution in [2.75, 3.05) is 0 Å². The zero-order valence-corrected chi connectivity index (χ0v) is 19.3. The Labute approximate surface area is 191 Å². The minimum atomic E-state index is -4.38. The fourth-order valence-electron chi connectivity index (χ4n) is 3.39. The van der Waals surface area contributed by atoms with E-state index in [0.717, 1.165) is 30.7 Å². The van der Waals surface area contributed by atoms with Crippen molar-refractivity contribution in [2.24, 2.45) is 0 Å². The van der Waals surface area contributed by atoms with Crippen LogP contribution in [0.1, 0.15) is 61.3 Å². The molecule has 0 atom stereocenters. The molecule has 7 heteroatoms. The molecule has 3 aromatic rings. The average Bonchev–Trinajstić information content (AvgIpc) is 3.07. The summed E-state index contributed by atoms with van der Waals surface area (Å²) in [5.74, 6) is -0.579. The molecular weight excluding hydrogens is 432 g/mol. The first kappa shape index (κ1) is 24.7. The van der Waals surface area contributed by atoms with Gasteiger partial charge >= 0.3 is 6.18 Å². The number of hydrogen-bond acceptors (Lipinski definition) is 2. The van der Waals surface area contributed by atoms with Gasteiger partial charge in [0.2, 0.25) is 0 Å². The Bertz CT molecular complexity index is 1150. The lowest BCUT2D eigenvalue weighted by atomic mass is 9.83. The van der Waals surface area contributed by atoms with Crippen molar-refractivity contribution in [1.82, 2.24) is 9.78 Å². The Morgan fingerprint density at radius 3 is 2.18 bits per heavy atom. The van der Waals surface area contributed by atoms with Crippen LogP contribution in [0.25, 0.3) is 11.9 Å². The van der Waals surface area contributed by atoms with Crippen LogP contribution in [-0.2, 0) is 17.6 Å². The quantitative estimate of drug-likeness (QED) is 0.412. The van der Waals surface area contributed by atoms with Crippen molar-refractivity contribution in [3.8, 4) is 0 Å². The van der Waals surface area contributed by atoms with Gasteiger partial charge in [0.1, 0.15) is 5.69 Å². The molecule has 0 radical (unpaired) electrons. The molecule has 0 aliphatic carbocycles. The molecule has 0 amide bonds. The van der Waals surface area contributed by atoms with Gasteiger partial charge in [0.15, 0.2) is 5.83 Å². The largest absolute Gasteiger partial charge is 0.397 e. The molecule has 33 heavy (non-hydrogen) atoms. The Morgan fingerprint density at radius 1 is 0.970 bits per heavy atom. The highest BCUT2D eigenvalue weighted by atomic mass is 19.4. The van der Waals surface area contributed by atoms with Crippen LogP contribution < -0.4 is 0 Å². The molecule has 176 valence electrons. The predicted molar refractivity (Wildman–Crippen MR) is 122 cm³/mol. The maximum absolute atomic E-state index is 14.9. The van der Waals surface area contributed by atoms with E-state index in [9.17, 15) is 22.7 Å². The van der Waals surface area contributed by atoms with Crippen LogP contribution in [0.4, 0.5) is 17.6 Å². The Hall–Kier alpha value is -2.93. The normalized spacial score (nSPS) is 13.5. The second-order valence-electron chi connectivity index (χ2n) is 9.33. The van der Waals surface area contributed by atoms with Crippen LogP contribution in [0.5, 0.6) is 0 Å². The maximum atomic E-state index is 14.9.